The van der Waals surface area contributed by atoms with E-state index in [0.717, 1.165) is 5.56 Å². The molecule has 2 rings (SSSR count). The Hall–Kier alpha value is -1.59. The topological polar surface area (TPSA) is 51.2 Å². The highest BCUT2D eigenvalue weighted by atomic mass is 79.9. The third kappa shape index (κ3) is 3.95. The maximum atomic E-state index is 12.3. The Bertz CT molecular complexity index is 677. The van der Waals surface area contributed by atoms with Crippen molar-refractivity contribution in [1.29, 1.82) is 0 Å². The van der Waals surface area contributed by atoms with E-state index in [-0.39, 0.29) is 11.1 Å². The lowest BCUT2D eigenvalue weighted by molar-refractivity contribution is 0.102. The molecule has 1 N–H and O–H groups in total. The Morgan fingerprint density at radius 1 is 1.43 bits per heavy atom. The van der Waals surface area contributed by atoms with Crippen LogP contribution in [0.25, 0.3) is 0 Å². The van der Waals surface area contributed by atoms with Gasteiger partial charge in [0.05, 0.1) is 17.9 Å². The quantitative estimate of drug-likeness (QED) is 0.810. The molecule has 0 atom stereocenters. The Morgan fingerprint density at radius 2 is 2.19 bits per heavy atom. The molecule has 0 aliphatic heterocycles. The predicted molar refractivity (Wildman–Crippen MR) is 87.2 cm³/mol. The Balaban J connectivity index is 2.29. The summed E-state index contributed by atoms with van der Waals surface area (Å²) in [5.41, 5.74) is 1.95. The summed E-state index contributed by atoms with van der Waals surface area (Å²) in [6.45, 7) is 4.37. The van der Waals surface area contributed by atoms with Crippen LogP contribution in [0.2, 0.25) is 5.15 Å². The zero-order chi connectivity index (χ0) is 15.4. The van der Waals surface area contributed by atoms with Gasteiger partial charge in [0, 0.05) is 10.7 Å². The van der Waals surface area contributed by atoms with Crippen molar-refractivity contribution < 1.29 is 9.53 Å². The summed E-state index contributed by atoms with van der Waals surface area (Å²) in [7, 11) is 0. The molecule has 1 heterocycles. The molecule has 1 aromatic heterocycles. The number of aryl methyl sites for hydroxylation is 1. The standard InChI is InChI=1S/C15H14BrClN2O2/c1-3-21-13-6-9(2)4-5-12(13)19-15(20)11-7-10(16)8-18-14(11)17/h4-8H,3H2,1-2H3,(H,19,20). The van der Waals surface area contributed by atoms with Gasteiger partial charge < -0.3 is 10.1 Å². The van der Waals surface area contributed by atoms with Gasteiger partial charge in [0.15, 0.2) is 0 Å². The highest BCUT2D eigenvalue weighted by molar-refractivity contribution is 9.10. The van der Waals surface area contributed by atoms with Gasteiger partial charge in [-0.15, -0.1) is 0 Å². The second-order valence-electron chi connectivity index (χ2n) is 4.38. The van der Waals surface area contributed by atoms with Crippen molar-refractivity contribution in [3.05, 3.63) is 51.2 Å². The highest BCUT2D eigenvalue weighted by Crippen LogP contribution is 2.27. The molecular weight excluding hydrogens is 356 g/mol. The number of hydrogen-bond acceptors (Lipinski definition) is 3. The molecule has 1 aromatic carbocycles. The summed E-state index contributed by atoms with van der Waals surface area (Å²) >= 11 is 9.23. The van der Waals surface area contributed by atoms with Crippen molar-refractivity contribution in [3.63, 3.8) is 0 Å². The van der Waals surface area contributed by atoms with Crippen molar-refractivity contribution in [2.24, 2.45) is 0 Å². The number of anilines is 1. The SMILES string of the molecule is CCOc1cc(C)ccc1NC(=O)c1cc(Br)cnc1Cl. The smallest absolute Gasteiger partial charge is 0.258 e. The number of nitrogens with zero attached hydrogens (tertiary/aromatic N) is 1. The largest absolute Gasteiger partial charge is 0.492 e. The van der Waals surface area contributed by atoms with Crippen molar-refractivity contribution in [1.82, 2.24) is 4.98 Å². The lowest BCUT2D eigenvalue weighted by Crippen LogP contribution is -2.14. The molecule has 0 bridgehead atoms. The van der Waals surface area contributed by atoms with Crippen LogP contribution in [-0.4, -0.2) is 17.5 Å². The molecule has 4 nitrogen and oxygen atoms in total. The number of ether oxygens (including phenoxy) is 1. The number of benzene rings is 1. The zero-order valence-corrected chi connectivity index (χ0v) is 14.0. The van der Waals surface area contributed by atoms with Crippen LogP contribution >= 0.6 is 27.5 Å². The van der Waals surface area contributed by atoms with Gasteiger partial charge in [0.2, 0.25) is 0 Å². The van der Waals surface area contributed by atoms with Crippen LogP contribution in [0.1, 0.15) is 22.8 Å². The predicted octanol–water partition coefficient (Wildman–Crippen LogP) is 4.46. The van der Waals surface area contributed by atoms with E-state index in [0.29, 0.717) is 28.1 Å². The molecule has 0 radical (unpaired) electrons. The lowest BCUT2D eigenvalue weighted by Gasteiger charge is -2.12. The summed E-state index contributed by atoms with van der Waals surface area (Å²) in [6.07, 6.45) is 1.54. The van der Waals surface area contributed by atoms with Crippen molar-refractivity contribution in [2.45, 2.75) is 13.8 Å². The van der Waals surface area contributed by atoms with E-state index in [9.17, 15) is 4.79 Å². The third-order valence-electron chi connectivity index (χ3n) is 2.74. The van der Waals surface area contributed by atoms with Gasteiger partial charge in [-0.2, -0.15) is 0 Å². The van der Waals surface area contributed by atoms with Gasteiger partial charge in [0.1, 0.15) is 10.9 Å². The van der Waals surface area contributed by atoms with E-state index in [2.05, 4.69) is 26.2 Å². The minimum absolute atomic E-state index is 0.153. The normalized spacial score (nSPS) is 10.3. The van der Waals surface area contributed by atoms with E-state index < -0.39 is 0 Å². The average Bonchev–Trinajstić information content (AvgIpc) is 2.44. The average molecular weight is 370 g/mol. The first kappa shape index (κ1) is 15.8. The molecule has 0 aliphatic rings. The molecule has 0 fully saturated rings. The minimum atomic E-state index is -0.335. The first-order valence-electron chi connectivity index (χ1n) is 6.37. The molecule has 0 unspecified atom stereocenters. The van der Waals surface area contributed by atoms with Crippen molar-refractivity contribution in [3.8, 4) is 5.75 Å². The molecular formula is C15H14BrClN2O2. The highest BCUT2D eigenvalue weighted by Gasteiger charge is 2.14. The zero-order valence-electron chi connectivity index (χ0n) is 11.6. The second-order valence-corrected chi connectivity index (χ2v) is 5.65. The number of amides is 1. The number of rotatable bonds is 4. The molecule has 110 valence electrons. The molecule has 21 heavy (non-hydrogen) atoms. The monoisotopic (exact) mass is 368 g/mol. The third-order valence-corrected chi connectivity index (χ3v) is 3.47. The first-order chi connectivity index (χ1) is 10.0. The maximum absolute atomic E-state index is 12.3. The molecule has 6 heteroatoms. The number of aromatic nitrogens is 1. The molecule has 0 saturated heterocycles. The number of pyridine rings is 1. The Morgan fingerprint density at radius 3 is 2.90 bits per heavy atom. The van der Waals surface area contributed by atoms with Gasteiger partial charge in [0.25, 0.3) is 5.91 Å². The van der Waals surface area contributed by atoms with Gasteiger partial charge >= 0.3 is 0 Å². The van der Waals surface area contributed by atoms with Crippen LogP contribution in [0.4, 0.5) is 5.69 Å². The summed E-state index contributed by atoms with van der Waals surface area (Å²) in [6, 6.07) is 7.20. The lowest BCUT2D eigenvalue weighted by atomic mass is 10.2. The van der Waals surface area contributed by atoms with Gasteiger partial charge in [-0.05, 0) is 53.5 Å². The maximum Gasteiger partial charge on any atom is 0.258 e. The van der Waals surface area contributed by atoms with Crippen LogP contribution in [0.15, 0.2) is 34.9 Å². The Labute approximate surface area is 136 Å². The van der Waals surface area contributed by atoms with Crippen LogP contribution in [0.3, 0.4) is 0 Å². The Kier molecular flexibility index (Phi) is 5.20. The molecule has 0 spiro atoms. The van der Waals surface area contributed by atoms with Crippen LogP contribution < -0.4 is 10.1 Å². The van der Waals surface area contributed by atoms with E-state index >= 15 is 0 Å². The fraction of sp³-hybridized carbons (Fsp3) is 0.200. The van der Waals surface area contributed by atoms with Gasteiger partial charge in [-0.25, -0.2) is 4.98 Å². The van der Waals surface area contributed by atoms with Gasteiger partial charge in [-0.3, -0.25) is 4.79 Å². The molecule has 1 amide bonds. The number of nitrogens with one attached hydrogen (secondary N) is 1. The van der Waals surface area contributed by atoms with Crippen molar-refractivity contribution >= 4 is 39.1 Å². The van der Waals surface area contributed by atoms with E-state index in [1.54, 1.807) is 12.1 Å². The molecule has 0 aliphatic carbocycles. The van der Waals surface area contributed by atoms with E-state index in [4.69, 9.17) is 16.3 Å². The van der Waals surface area contributed by atoms with E-state index in [1.807, 2.05) is 26.0 Å². The molecule has 2 aromatic rings. The van der Waals surface area contributed by atoms with Gasteiger partial charge in [-0.1, -0.05) is 17.7 Å². The van der Waals surface area contributed by atoms with Crippen molar-refractivity contribution in [2.75, 3.05) is 11.9 Å². The van der Waals surface area contributed by atoms with Crippen LogP contribution in [0, 0.1) is 6.92 Å². The first-order valence-corrected chi connectivity index (χ1v) is 7.54. The number of carbonyl (C=O) groups excluding carboxylic acids is 1. The summed E-state index contributed by atoms with van der Waals surface area (Å²) in [5, 5.41) is 2.95. The molecule has 0 saturated carbocycles. The fourth-order valence-electron chi connectivity index (χ4n) is 1.78. The van der Waals surface area contributed by atoms with Crippen LogP contribution in [0.5, 0.6) is 5.75 Å². The van der Waals surface area contributed by atoms with Crippen LogP contribution in [-0.2, 0) is 0 Å². The van der Waals surface area contributed by atoms with E-state index in [1.165, 1.54) is 6.20 Å². The minimum Gasteiger partial charge on any atom is -0.492 e. The summed E-state index contributed by atoms with van der Waals surface area (Å²) < 4.78 is 6.22. The summed E-state index contributed by atoms with van der Waals surface area (Å²) in [5.74, 6) is 0.295. The number of carbonyl (C=O) groups is 1. The number of hydrogen-bond donors (Lipinski definition) is 1. The number of halogens is 2. The fourth-order valence-corrected chi connectivity index (χ4v) is 2.30. The second kappa shape index (κ2) is 6.91. The summed E-state index contributed by atoms with van der Waals surface area (Å²) in [4.78, 5) is 16.3.